The van der Waals surface area contributed by atoms with Crippen molar-refractivity contribution in [2.24, 2.45) is 0 Å². The number of furan rings is 1. The topological polar surface area (TPSA) is 65.3 Å². The molecular formula is C24H22N4O2S. The zero-order valence-electron chi connectivity index (χ0n) is 17.6. The highest BCUT2D eigenvalue weighted by atomic mass is 32.2. The molecule has 5 aromatic rings. The molecular weight excluding hydrogens is 408 g/mol. The monoisotopic (exact) mass is 430 g/mol. The second kappa shape index (κ2) is 7.74. The molecule has 31 heavy (non-hydrogen) atoms. The molecule has 0 spiro atoms. The van der Waals surface area contributed by atoms with Crippen LogP contribution in [0.5, 0.6) is 0 Å². The molecule has 0 atom stereocenters. The van der Waals surface area contributed by atoms with Gasteiger partial charge in [-0.15, -0.1) is 10.2 Å². The molecule has 0 saturated carbocycles. The quantitative estimate of drug-likeness (QED) is 0.273. The molecule has 0 bridgehead atoms. The normalized spacial score (nSPS) is 11.6. The van der Waals surface area contributed by atoms with E-state index in [2.05, 4.69) is 33.8 Å². The molecule has 0 aliphatic heterocycles. The Kier molecular flexibility index (Phi) is 4.90. The maximum absolute atomic E-state index is 13.1. The number of benzene rings is 1. The Balaban J connectivity index is 1.41. The average molecular weight is 431 g/mol. The summed E-state index contributed by atoms with van der Waals surface area (Å²) in [7, 11) is 0. The molecule has 0 amide bonds. The minimum absolute atomic E-state index is 0.0805. The number of Topliss-reactive ketones (excluding diaryl/α,β-unsaturated/α-hetero) is 1. The van der Waals surface area contributed by atoms with Crippen LogP contribution >= 0.6 is 11.8 Å². The zero-order chi connectivity index (χ0) is 21.5. The van der Waals surface area contributed by atoms with Gasteiger partial charge in [0, 0.05) is 22.3 Å². The molecule has 1 aromatic carbocycles. The Morgan fingerprint density at radius 3 is 2.71 bits per heavy atom. The summed E-state index contributed by atoms with van der Waals surface area (Å²) < 4.78 is 9.61. The molecule has 0 radical (unpaired) electrons. The molecule has 0 unspecified atom stereocenters. The summed E-state index contributed by atoms with van der Waals surface area (Å²) in [5, 5.41) is 10.6. The number of rotatable bonds is 6. The van der Waals surface area contributed by atoms with E-state index in [0.717, 1.165) is 50.0 Å². The molecule has 5 rings (SSSR count). The van der Waals surface area contributed by atoms with Gasteiger partial charge >= 0.3 is 0 Å². The fourth-order valence-electron chi connectivity index (χ4n) is 4.06. The lowest BCUT2D eigenvalue weighted by atomic mass is 10.1. The number of para-hydroxylation sites is 1. The summed E-state index contributed by atoms with van der Waals surface area (Å²) in [4.78, 5) is 13.1. The molecule has 6 nitrogen and oxygen atoms in total. The third kappa shape index (κ3) is 3.45. The molecule has 7 heteroatoms. The summed E-state index contributed by atoms with van der Waals surface area (Å²) in [6.45, 7) is 6.69. The lowest BCUT2D eigenvalue weighted by molar-refractivity contribution is 0.102. The lowest BCUT2D eigenvalue weighted by Gasteiger charge is -2.08. The first-order chi connectivity index (χ1) is 15.0. The van der Waals surface area contributed by atoms with E-state index in [9.17, 15) is 4.79 Å². The van der Waals surface area contributed by atoms with Crippen molar-refractivity contribution in [2.45, 2.75) is 32.5 Å². The number of hydrogen-bond acceptors (Lipinski definition) is 5. The summed E-state index contributed by atoms with van der Waals surface area (Å²) in [5.74, 6) is 1.25. The summed E-state index contributed by atoms with van der Waals surface area (Å²) in [6.07, 6.45) is 1.67. The van der Waals surface area contributed by atoms with Gasteiger partial charge in [0.25, 0.3) is 0 Å². The Morgan fingerprint density at radius 2 is 1.90 bits per heavy atom. The zero-order valence-corrected chi connectivity index (χ0v) is 18.4. The van der Waals surface area contributed by atoms with Gasteiger partial charge in [0.15, 0.2) is 16.6 Å². The minimum Gasteiger partial charge on any atom is -0.467 e. The largest absolute Gasteiger partial charge is 0.467 e. The van der Waals surface area contributed by atoms with Crippen molar-refractivity contribution in [1.82, 2.24) is 19.2 Å². The molecule has 4 aromatic heterocycles. The predicted molar refractivity (Wildman–Crippen MR) is 122 cm³/mol. The number of fused-ring (bicyclic) bond motifs is 3. The summed E-state index contributed by atoms with van der Waals surface area (Å²) in [5.41, 5.74) is 5.73. The summed E-state index contributed by atoms with van der Waals surface area (Å²) in [6, 6.07) is 16.0. The van der Waals surface area contributed by atoms with Crippen molar-refractivity contribution in [3.8, 4) is 0 Å². The van der Waals surface area contributed by atoms with E-state index < -0.39 is 0 Å². The maximum Gasteiger partial charge on any atom is 0.196 e. The van der Waals surface area contributed by atoms with Crippen LogP contribution in [0.3, 0.4) is 0 Å². The number of thioether (sulfide) groups is 1. The highest BCUT2D eigenvalue weighted by Gasteiger charge is 2.18. The van der Waals surface area contributed by atoms with Gasteiger partial charge in [-0.25, -0.2) is 0 Å². The van der Waals surface area contributed by atoms with Gasteiger partial charge in [0.05, 0.1) is 24.1 Å². The number of aryl methyl sites for hydroxylation is 2. The predicted octanol–water partition coefficient (Wildman–Crippen LogP) is 5.23. The Hall–Kier alpha value is -3.32. The fraction of sp³-hybridized carbons (Fsp3) is 0.208. The number of aromatic nitrogens is 4. The summed E-state index contributed by atoms with van der Waals surface area (Å²) >= 11 is 1.42. The van der Waals surface area contributed by atoms with Crippen molar-refractivity contribution in [1.29, 1.82) is 0 Å². The molecule has 0 fully saturated rings. The second-order valence-electron chi connectivity index (χ2n) is 7.68. The van der Waals surface area contributed by atoms with Crippen LogP contribution in [0.1, 0.15) is 33.1 Å². The number of carbonyl (C=O) groups excluding carboxylic acids is 1. The number of pyridine rings is 1. The molecule has 0 saturated heterocycles. The van der Waals surface area contributed by atoms with Gasteiger partial charge in [0.1, 0.15) is 5.76 Å². The SMILES string of the molecule is Cc1cc2nnc(SCC(=O)c3cc(C)n(Cc4ccco4)c3C)n2c2ccccc12. The fourth-order valence-corrected chi connectivity index (χ4v) is 4.90. The van der Waals surface area contributed by atoms with Gasteiger partial charge in [-0.2, -0.15) is 0 Å². The first-order valence-electron chi connectivity index (χ1n) is 10.1. The smallest absolute Gasteiger partial charge is 0.196 e. The number of ketones is 1. The molecule has 0 aliphatic carbocycles. The van der Waals surface area contributed by atoms with Crippen molar-refractivity contribution in [2.75, 3.05) is 5.75 Å². The van der Waals surface area contributed by atoms with Crippen LogP contribution in [0.4, 0.5) is 0 Å². The van der Waals surface area contributed by atoms with Crippen LogP contribution in [0, 0.1) is 20.8 Å². The minimum atomic E-state index is 0.0805. The number of hydrogen-bond donors (Lipinski definition) is 0. The van der Waals surface area contributed by atoms with Crippen molar-refractivity contribution >= 4 is 34.1 Å². The van der Waals surface area contributed by atoms with Gasteiger partial charge in [0.2, 0.25) is 0 Å². The van der Waals surface area contributed by atoms with E-state index in [1.807, 2.05) is 54.6 Å². The van der Waals surface area contributed by atoms with E-state index in [0.29, 0.717) is 12.3 Å². The average Bonchev–Trinajstić information content (AvgIpc) is 3.49. The van der Waals surface area contributed by atoms with Crippen molar-refractivity contribution < 1.29 is 9.21 Å². The van der Waals surface area contributed by atoms with Crippen LogP contribution in [-0.2, 0) is 6.54 Å². The van der Waals surface area contributed by atoms with Crippen molar-refractivity contribution in [3.05, 3.63) is 83.1 Å². The van der Waals surface area contributed by atoms with Gasteiger partial charge in [-0.3, -0.25) is 9.20 Å². The van der Waals surface area contributed by atoms with Gasteiger partial charge in [-0.1, -0.05) is 30.0 Å². The maximum atomic E-state index is 13.1. The van der Waals surface area contributed by atoms with E-state index in [1.165, 1.54) is 11.8 Å². The molecule has 4 heterocycles. The Morgan fingerprint density at radius 1 is 1.06 bits per heavy atom. The third-order valence-corrected chi connectivity index (χ3v) is 6.60. The number of nitrogens with zero attached hydrogens (tertiary/aromatic N) is 4. The van der Waals surface area contributed by atoms with Gasteiger partial charge in [-0.05, 0) is 56.7 Å². The first-order valence-corrected chi connectivity index (χ1v) is 11.1. The third-order valence-electron chi connectivity index (χ3n) is 5.67. The van der Waals surface area contributed by atoms with Gasteiger partial charge < -0.3 is 8.98 Å². The molecule has 0 aliphatic rings. The van der Waals surface area contributed by atoms with Crippen LogP contribution in [0.2, 0.25) is 0 Å². The highest BCUT2D eigenvalue weighted by molar-refractivity contribution is 7.99. The molecule has 156 valence electrons. The van der Waals surface area contributed by atoms with E-state index >= 15 is 0 Å². The van der Waals surface area contributed by atoms with E-state index in [-0.39, 0.29) is 5.78 Å². The standard InChI is InChI=1S/C24H22N4O2S/c1-15-11-23-25-26-24(28(23)21-9-5-4-8-19(15)21)31-14-22(29)20-12-16(2)27(17(20)3)13-18-7-6-10-30-18/h4-12H,13-14H2,1-3H3. The first kappa shape index (κ1) is 19.6. The number of carbonyl (C=O) groups is 1. The van der Waals surface area contributed by atoms with Crippen molar-refractivity contribution in [3.63, 3.8) is 0 Å². The highest BCUT2D eigenvalue weighted by Crippen LogP contribution is 2.27. The Bertz CT molecular complexity index is 1410. The van der Waals surface area contributed by atoms with Crippen LogP contribution in [-0.4, -0.2) is 30.7 Å². The Labute approximate surface area is 183 Å². The van der Waals surface area contributed by atoms with Crippen LogP contribution in [0.25, 0.3) is 16.6 Å². The van der Waals surface area contributed by atoms with E-state index in [4.69, 9.17) is 4.42 Å². The molecule has 0 N–H and O–H groups in total. The van der Waals surface area contributed by atoms with Crippen LogP contribution < -0.4 is 0 Å². The van der Waals surface area contributed by atoms with E-state index in [1.54, 1.807) is 6.26 Å². The second-order valence-corrected chi connectivity index (χ2v) is 8.63. The van der Waals surface area contributed by atoms with Crippen LogP contribution in [0.15, 0.2) is 64.4 Å². The lowest BCUT2D eigenvalue weighted by Crippen LogP contribution is -2.07.